The van der Waals surface area contributed by atoms with Crippen molar-refractivity contribution in [3.63, 3.8) is 0 Å². The fraction of sp³-hybridized carbons (Fsp3) is 0.429. The molecule has 1 aliphatic carbocycles. The number of hydrogen-bond acceptors (Lipinski definition) is 3. The summed E-state index contributed by atoms with van der Waals surface area (Å²) < 4.78 is 1.98. The van der Waals surface area contributed by atoms with Crippen molar-refractivity contribution in [3.05, 3.63) is 58.9 Å². The van der Waals surface area contributed by atoms with Gasteiger partial charge in [-0.2, -0.15) is 0 Å². The van der Waals surface area contributed by atoms with E-state index >= 15 is 0 Å². The lowest BCUT2D eigenvalue weighted by atomic mass is 9.71. The number of amides is 1. The third-order valence-electron chi connectivity index (χ3n) is 6.04. The standard InChI is InChI=1S/C21H25N3O3/c1-22(2)19(25)16-6-4-15(5-7-16)14-23-12-13-24-17(20(26)27)8-9-18(24)21(23)10-3-11-21/h4-9H,3,10-14H2,1-2H3,(H,26,27). The number of aromatic carboxylic acids is 1. The maximum atomic E-state index is 12.1. The number of aromatic nitrogens is 1. The predicted molar refractivity (Wildman–Crippen MR) is 102 cm³/mol. The molecule has 4 rings (SSSR count). The first-order valence-electron chi connectivity index (χ1n) is 9.41. The van der Waals surface area contributed by atoms with Gasteiger partial charge in [0.25, 0.3) is 5.91 Å². The van der Waals surface area contributed by atoms with Crippen molar-refractivity contribution in [2.75, 3.05) is 20.6 Å². The average Bonchev–Trinajstić information content (AvgIpc) is 3.04. The van der Waals surface area contributed by atoms with Crippen LogP contribution in [0.3, 0.4) is 0 Å². The minimum Gasteiger partial charge on any atom is -0.477 e. The summed E-state index contributed by atoms with van der Waals surface area (Å²) in [5.41, 5.74) is 3.35. The number of carboxylic acid groups (broad SMARTS) is 1. The van der Waals surface area contributed by atoms with Gasteiger partial charge in [-0.1, -0.05) is 12.1 Å². The second-order valence-electron chi connectivity index (χ2n) is 7.76. The highest BCUT2D eigenvalue weighted by atomic mass is 16.4. The molecule has 1 aliphatic heterocycles. The zero-order valence-corrected chi connectivity index (χ0v) is 15.8. The van der Waals surface area contributed by atoms with Gasteiger partial charge in [0.05, 0.1) is 5.54 Å². The van der Waals surface area contributed by atoms with E-state index < -0.39 is 5.97 Å². The molecule has 0 saturated heterocycles. The predicted octanol–water partition coefficient (Wildman–Crippen LogP) is 2.78. The SMILES string of the molecule is CN(C)C(=O)c1ccc(CN2CCn3c(C(=O)O)ccc3C23CCC3)cc1. The summed E-state index contributed by atoms with van der Waals surface area (Å²) in [5.74, 6) is -0.848. The molecule has 1 saturated carbocycles. The van der Waals surface area contributed by atoms with Crippen molar-refractivity contribution in [3.8, 4) is 0 Å². The molecule has 1 N–H and O–H groups in total. The highest BCUT2D eigenvalue weighted by molar-refractivity contribution is 5.93. The van der Waals surface area contributed by atoms with E-state index in [0.29, 0.717) is 17.8 Å². The first kappa shape index (κ1) is 17.8. The second-order valence-corrected chi connectivity index (χ2v) is 7.76. The minimum absolute atomic E-state index is 0.00835. The molecule has 1 amide bonds. The molecule has 0 unspecified atom stereocenters. The van der Waals surface area contributed by atoms with Gasteiger partial charge in [-0.05, 0) is 49.1 Å². The maximum absolute atomic E-state index is 12.1. The molecular formula is C21H25N3O3. The largest absolute Gasteiger partial charge is 0.477 e. The van der Waals surface area contributed by atoms with Gasteiger partial charge >= 0.3 is 5.97 Å². The molecule has 1 aromatic carbocycles. The lowest BCUT2D eigenvalue weighted by molar-refractivity contribution is -0.0219. The Morgan fingerprint density at radius 3 is 2.33 bits per heavy atom. The summed E-state index contributed by atoms with van der Waals surface area (Å²) in [7, 11) is 3.51. The number of hydrogen-bond donors (Lipinski definition) is 1. The summed E-state index contributed by atoms with van der Waals surface area (Å²) in [6.45, 7) is 2.34. The Hall–Kier alpha value is -2.60. The van der Waals surface area contributed by atoms with Crippen LogP contribution in [0.1, 0.15) is 51.4 Å². The third-order valence-corrected chi connectivity index (χ3v) is 6.04. The molecule has 2 heterocycles. The molecule has 2 aliphatic rings. The zero-order chi connectivity index (χ0) is 19.2. The highest BCUT2D eigenvalue weighted by Crippen LogP contribution is 2.49. The first-order chi connectivity index (χ1) is 12.9. The Labute approximate surface area is 159 Å². The molecule has 6 heteroatoms. The molecule has 1 aromatic heterocycles. The monoisotopic (exact) mass is 367 g/mol. The normalized spacial score (nSPS) is 18.0. The lowest BCUT2D eigenvalue weighted by Crippen LogP contribution is -2.56. The zero-order valence-electron chi connectivity index (χ0n) is 15.8. The summed E-state index contributed by atoms with van der Waals surface area (Å²) in [5, 5.41) is 9.44. The van der Waals surface area contributed by atoms with Crippen molar-refractivity contribution >= 4 is 11.9 Å². The van der Waals surface area contributed by atoms with Crippen LogP contribution in [0.4, 0.5) is 0 Å². The summed E-state index contributed by atoms with van der Waals surface area (Å²) in [6, 6.07) is 11.6. The Morgan fingerprint density at radius 2 is 1.78 bits per heavy atom. The van der Waals surface area contributed by atoms with Crippen molar-refractivity contribution in [2.45, 2.75) is 37.9 Å². The van der Waals surface area contributed by atoms with Gasteiger partial charge in [0.1, 0.15) is 5.69 Å². The van der Waals surface area contributed by atoms with Gasteiger partial charge < -0.3 is 14.6 Å². The molecule has 2 aromatic rings. The Kier molecular flexibility index (Phi) is 4.30. The van der Waals surface area contributed by atoms with Crippen LogP contribution < -0.4 is 0 Å². The Morgan fingerprint density at radius 1 is 1.07 bits per heavy atom. The second kappa shape index (κ2) is 6.53. The molecule has 0 atom stereocenters. The molecule has 0 bridgehead atoms. The van der Waals surface area contributed by atoms with E-state index in [0.717, 1.165) is 31.6 Å². The maximum Gasteiger partial charge on any atom is 0.352 e. The average molecular weight is 367 g/mol. The van der Waals surface area contributed by atoms with Crippen LogP contribution in [-0.4, -0.2) is 52.0 Å². The van der Waals surface area contributed by atoms with E-state index in [4.69, 9.17) is 0 Å². The summed E-state index contributed by atoms with van der Waals surface area (Å²) in [6.07, 6.45) is 3.29. The molecular weight excluding hydrogens is 342 g/mol. The van der Waals surface area contributed by atoms with Gasteiger partial charge in [0, 0.05) is 45.0 Å². The van der Waals surface area contributed by atoms with Gasteiger partial charge in [-0.25, -0.2) is 4.79 Å². The van der Waals surface area contributed by atoms with Crippen LogP contribution in [0.5, 0.6) is 0 Å². The van der Waals surface area contributed by atoms with Crippen molar-refractivity contribution < 1.29 is 14.7 Å². The van der Waals surface area contributed by atoms with E-state index in [1.807, 2.05) is 34.9 Å². The highest BCUT2D eigenvalue weighted by Gasteiger charge is 2.48. The van der Waals surface area contributed by atoms with Crippen molar-refractivity contribution in [2.24, 2.45) is 0 Å². The van der Waals surface area contributed by atoms with Gasteiger partial charge in [-0.15, -0.1) is 0 Å². The quantitative estimate of drug-likeness (QED) is 0.902. The van der Waals surface area contributed by atoms with Gasteiger partial charge in [0.15, 0.2) is 0 Å². The van der Waals surface area contributed by atoms with Crippen LogP contribution >= 0.6 is 0 Å². The van der Waals surface area contributed by atoms with Crippen molar-refractivity contribution in [1.82, 2.24) is 14.4 Å². The topological polar surface area (TPSA) is 65.8 Å². The van der Waals surface area contributed by atoms with Crippen LogP contribution in [0.2, 0.25) is 0 Å². The number of carbonyl (C=O) groups is 2. The number of carboxylic acids is 1. The van der Waals surface area contributed by atoms with E-state index in [-0.39, 0.29) is 11.4 Å². The van der Waals surface area contributed by atoms with E-state index in [1.54, 1.807) is 25.1 Å². The summed E-state index contributed by atoms with van der Waals surface area (Å²) >= 11 is 0. The van der Waals surface area contributed by atoms with E-state index in [9.17, 15) is 14.7 Å². The van der Waals surface area contributed by atoms with E-state index in [2.05, 4.69) is 4.90 Å². The molecule has 27 heavy (non-hydrogen) atoms. The Bertz CT molecular complexity index is 879. The fourth-order valence-corrected chi connectivity index (χ4v) is 4.44. The van der Waals surface area contributed by atoms with E-state index in [1.165, 1.54) is 12.0 Å². The van der Waals surface area contributed by atoms with Crippen LogP contribution in [0, 0.1) is 0 Å². The number of nitrogens with zero attached hydrogens (tertiary/aromatic N) is 3. The third kappa shape index (κ3) is 2.84. The number of rotatable bonds is 4. The minimum atomic E-state index is -0.856. The molecule has 0 radical (unpaired) electrons. The molecule has 1 spiro atoms. The van der Waals surface area contributed by atoms with Crippen LogP contribution in [0.15, 0.2) is 36.4 Å². The lowest BCUT2D eigenvalue weighted by Gasteiger charge is -2.53. The Balaban J connectivity index is 1.58. The van der Waals surface area contributed by atoms with Crippen molar-refractivity contribution in [1.29, 1.82) is 0 Å². The molecule has 6 nitrogen and oxygen atoms in total. The number of carbonyl (C=O) groups excluding carboxylic acids is 1. The summed E-state index contributed by atoms with van der Waals surface area (Å²) in [4.78, 5) is 27.6. The smallest absolute Gasteiger partial charge is 0.352 e. The van der Waals surface area contributed by atoms with Gasteiger partial charge in [0.2, 0.25) is 0 Å². The number of benzene rings is 1. The van der Waals surface area contributed by atoms with Crippen LogP contribution in [-0.2, 0) is 18.6 Å². The van der Waals surface area contributed by atoms with Crippen LogP contribution in [0.25, 0.3) is 0 Å². The number of fused-ring (bicyclic) bond motifs is 2. The first-order valence-corrected chi connectivity index (χ1v) is 9.41. The van der Waals surface area contributed by atoms with Gasteiger partial charge in [-0.3, -0.25) is 9.69 Å². The molecule has 1 fully saturated rings. The molecule has 142 valence electrons. The fourth-order valence-electron chi connectivity index (χ4n) is 4.44.